The van der Waals surface area contributed by atoms with Gasteiger partial charge in [-0.25, -0.2) is 14.4 Å². The summed E-state index contributed by atoms with van der Waals surface area (Å²) in [5, 5.41) is 10.2. The summed E-state index contributed by atoms with van der Waals surface area (Å²) in [5.74, 6) is -3.19. The minimum absolute atomic E-state index is 0.0368. The highest BCUT2D eigenvalue weighted by Gasteiger charge is 2.56. The van der Waals surface area contributed by atoms with Gasteiger partial charge in [-0.05, 0) is 19.9 Å². The lowest BCUT2D eigenvalue weighted by Gasteiger charge is -2.27. The molecular formula is C11H14O7. The number of carbonyl (C=O) groups is 3. The first-order valence-electron chi connectivity index (χ1n) is 5.42. The van der Waals surface area contributed by atoms with Crippen molar-refractivity contribution in [2.45, 2.75) is 25.6 Å². The van der Waals surface area contributed by atoms with E-state index < -0.39 is 29.6 Å². The lowest BCUT2D eigenvalue weighted by atomic mass is 9.97. The van der Waals surface area contributed by atoms with Crippen molar-refractivity contribution in [3.05, 3.63) is 12.2 Å². The fourth-order valence-corrected chi connectivity index (χ4v) is 1.39. The monoisotopic (exact) mass is 258 g/mol. The fraction of sp³-hybridized carbons (Fsp3) is 0.545. The molecule has 0 bridgehead atoms. The SMILES string of the molecule is CCOC(=O)C(O)(C(=O)OCC)[C@H]1C=CC(=O)O1. The molecule has 0 aliphatic carbocycles. The molecule has 0 saturated heterocycles. The Kier molecular flexibility index (Phi) is 4.43. The molecule has 0 aromatic heterocycles. The molecule has 18 heavy (non-hydrogen) atoms. The number of aliphatic hydroxyl groups is 1. The quantitative estimate of drug-likeness (QED) is 0.396. The summed E-state index contributed by atoms with van der Waals surface area (Å²) in [4.78, 5) is 34.3. The first kappa shape index (κ1) is 14.2. The van der Waals surface area contributed by atoms with Gasteiger partial charge in [-0.2, -0.15) is 0 Å². The van der Waals surface area contributed by atoms with Crippen molar-refractivity contribution in [1.29, 1.82) is 0 Å². The average Bonchev–Trinajstić information content (AvgIpc) is 2.75. The zero-order valence-corrected chi connectivity index (χ0v) is 10.0. The molecule has 1 aliphatic rings. The maximum atomic E-state index is 11.7. The van der Waals surface area contributed by atoms with Gasteiger partial charge in [-0.1, -0.05) is 0 Å². The number of esters is 3. The Labute approximate surface area is 103 Å². The Morgan fingerprint density at radius 1 is 1.33 bits per heavy atom. The van der Waals surface area contributed by atoms with Crippen LogP contribution in [0.2, 0.25) is 0 Å². The number of hydrogen-bond acceptors (Lipinski definition) is 7. The van der Waals surface area contributed by atoms with E-state index in [1.807, 2.05) is 0 Å². The minimum atomic E-state index is -2.67. The molecule has 7 nitrogen and oxygen atoms in total. The van der Waals surface area contributed by atoms with E-state index in [2.05, 4.69) is 14.2 Å². The van der Waals surface area contributed by atoms with Crippen LogP contribution in [-0.4, -0.2) is 47.9 Å². The van der Waals surface area contributed by atoms with Gasteiger partial charge in [0.15, 0.2) is 6.10 Å². The van der Waals surface area contributed by atoms with E-state index in [1.165, 1.54) is 13.8 Å². The molecule has 1 heterocycles. The predicted octanol–water partition coefficient (Wildman–Crippen LogP) is -0.675. The molecule has 0 unspecified atom stereocenters. The molecule has 7 heteroatoms. The van der Waals surface area contributed by atoms with Crippen LogP contribution in [0.15, 0.2) is 12.2 Å². The van der Waals surface area contributed by atoms with Gasteiger partial charge in [0.05, 0.1) is 13.2 Å². The Balaban J connectivity index is 3.00. The molecule has 1 atom stereocenters. The van der Waals surface area contributed by atoms with Gasteiger partial charge >= 0.3 is 23.5 Å². The highest BCUT2D eigenvalue weighted by molar-refractivity contribution is 6.05. The smallest absolute Gasteiger partial charge is 0.354 e. The van der Waals surface area contributed by atoms with E-state index in [9.17, 15) is 19.5 Å². The van der Waals surface area contributed by atoms with Crippen molar-refractivity contribution in [3.63, 3.8) is 0 Å². The number of cyclic esters (lactones) is 1. The van der Waals surface area contributed by atoms with Gasteiger partial charge in [-0.3, -0.25) is 0 Å². The summed E-state index contributed by atoms with van der Waals surface area (Å²) in [6.45, 7) is 2.95. The van der Waals surface area contributed by atoms with Crippen LogP contribution >= 0.6 is 0 Å². The van der Waals surface area contributed by atoms with Gasteiger partial charge < -0.3 is 19.3 Å². The second-order valence-electron chi connectivity index (χ2n) is 3.42. The molecule has 1 N–H and O–H groups in total. The third kappa shape index (κ3) is 2.51. The van der Waals surface area contributed by atoms with Crippen LogP contribution in [0.5, 0.6) is 0 Å². The van der Waals surface area contributed by atoms with E-state index in [0.717, 1.165) is 12.2 Å². The number of rotatable bonds is 5. The lowest BCUT2D eigenvalue weighted by molar-refractivity contribution is -0.195. The van der Waals surface area contributed by atoms with Crippen molar-refractivity contribution in [1.82, 2.24) is 0 Å². The molecule has 0 saturated carbocycles. The lowest BCUT2D eigenvalue weighted by Crippen LogP contribution is -2.57. The Bertz CT molecular complexity index is 367. The molecule has 0 radical (unpaired) electrons. The standard InChI is InChI=1S/C11H14O7/c1-3-16-9(13)11(15,10(14)17-4-2)7-5-6-8(12)18-7/h5-7,15H,3-4H2,1-2H3/t7-/m1/s1. The summed E-state index contributed by atoms with van der Waals surface area (Å²) in [7, 11) is 0. The predicted molar refractivity (Wildman–Crippen MR) is 57.2 cm³/mol. The molecule has 0 aromatic carbocycles. The first-order chi connectivity index (χ1) is 8.46. The van der Waals surface area contributed by atoms with Gasteiger partial charge in [0.1, 0.15) is 0 Å². The third-order valence-corrected chi connectivity index (χ3v) is 2.24. The highest BCUT2D eigenvalue weighted by Crippen LogP contribution is 2.23. The molecular weight excluding hydrogens is 244 g/mol. The fourth-order valence-electron chi connectivity index (χ4n) is 1.39. The minimum Gasteiger partial charge on any atom is -0.463 e. The van der Waals surface area contributed by atoms with Gasteiger partial charge in [-0.15, -0.1) is 0 Å². The Hall–Kier alpha value is -1.89. The topological polar surface area (TPSA) is 99.1 Å². The van der Waals surface area contributed by atoms with Crippen LogP contribution in [0.4, 0.5) is 0 Å². The summed E-state index contributed by atoms with van der Waals surface area (Å²) >= 11 is 0. The average molecular weight is 258 g/mol. The number of carbonyl (C=O) groups excluding carboxylic acids is 3. The second kappa shape index (κ2) is 5.63. The van der Waals surface area contributed by atoms with Crippen LogP contribution in [0.25, 0.3) is 0 Å². The van der Waals surface area contributed by atoms with Crippen molar-refractivity contribution in [2.75, 3.05) is 13.2 Å². The number of ether oxygens (including phenoxy) is 3. The van der Waals surface area contributed by atoms with Gasteiger partial charge in [0, 0.05) is 6.08 Å². The highest BCUT2D eigenvalue weighted by atomic mass is 16.6. The van der Waals surface area contributed by atoms with E-state index >= 15 is 0 Å². The van der Waals surface area contributed by atoms with Crippen LogP contribution in [0, 0.1) is 0 Å². The molecule has 0 fully saturated rings. The van der Waals surface area contributed by atoms with E-state index in [0.29, 0.717) is 0 Å². The van der Waals surface area contributed by atoms with Crippen molar-refractivity contribution in [3.8, 4) is 0 Å². The van der Waals surface area contributed by atoms with Crippen molar-refractivity contribution >= 4 is 17.9 Å². The summed E-state index contributed by atoms with van der Waals surface area (Å²) < 4.78 is 13.9. The van der Waals surface area contributed by atoms with Crippen LogP contribution in [0.1, 0.15) is 13.8 Å². The molecule has 100 valence electrons. The maximum Gasteiger partial charge on any atom is 0.354 e. The molecule has 0 aromatic rings. The van der Waals surface area contributed by atoms with Crippen LogP contribution in [0.3, 0.4) is 0 Å². The molecule has 1 aliphatic heterocycles. The van der Waals surface area contributed by atoms with Crippen molar-refractivity contribution < 1.29 is 33.7 Å². The number of hydrogen-bond donors (Lipinski definition) is 1. The Morgan fingerprint density at radius 3 is 2.17 bits per heavy atom. The summed E-state index contributed by atoms with van der Waals surface area (Å²) in [6.07, 6.45) is 0.674. The summed E-state index contributed by atoms with van der Waals surface area (Å²) in [6, 6.07) is 0. The first-order valence-corrected chi connectivity index (χ1v) is 5.42. The third-order valence-electron chi connectivity index (χ3n) is 2.24. The van der Waals surface area contributed by atoms with Crippen molar-refractivity contribution in [2.24, 2.45) is 0 Å². The normalized spacial score (nSPS) is 18.4. The molecule has 0 amide bonds. The van der Waals surface area contributed by atoms with Gasteiger partial charge in [0.2, 0.25) is 0 Å². The zero-order valence-electron chi connectivity index (χ0n) is 10.0. The summed E-state index contributed by atoms with van der Waals surface area (Å²) in [5.41, 5.74) is -2.67. The molecule has 1 rings (SSSR count). The largest absolute Gasteiger partial charge is 0.463 e. The van der Waals surface area contributed by atoms with E-state index in [-0.39, 0.29) is 13.2 Å². The Morgan fingerprint density at radius 2 is 1.83 bits per heavy atom. The van der Waals surface area contributed by atoms with E-state index in [1.54, 1.807) is 0 Å². The zero-order chi connectivity index (χ0) is 13.8. The molecule has 0 spiro atoms. The van der Waals surface area contributed by atoms with Crippen LogP contribution in [-0.2, 0) is 28.6 Å². The van der Waals surface area contributed by atoms with Crippen LogP contribution < -0.4 is 0 Å². The maximum absolute atomic E-state index is 11.7. The van der Waals surface area contributed by atoms with Gasteiger partial charge in [0.25, 0.3) is 0 Å². The van der Waals surface area contributed by atoms with E-state index in [4.69, 9.17) is 0 Å². The second-order valence-corrected chi connectivity index (χ2v) is 3.42.